The number of aromatic amines is 1. The first-order chi connectivity index (χ1) is 13.0. The van der Waals surface area contributed by atoms with Gasteiger partial charge in [0.25, 0.3) is 5.91 Å². The third-order valence-electron chi connectivity index (χ3n) is 4.33. The molecule has 1 amide bonds. The number of H-pyrrole nitrogens is 1. The molecule has 3 N–H and O–H groups in total. The summed E-state index contributed by atoms with van der Waals surface area (Å²) >= 11 is 1.40. The van der Waals surface area contributed by atoms with Gasteiger partial charge < -0.3 is 10.7 Å². The summed E-state index contributed by atoms with van der Waals surface area (Å²) in [6.45, 7) is 4.23. The smallest absolute Gasteiger partial charge is 0.333 e. The summed E-state index contributed by atoms with van der Waals surface area (Å²) in [4.78, 5) is 36.0. The number of amides is 1. The predicted molar refractivity (Wildman–Crippen MR) is 105 cm³/mol. The molecule has 136 valence electrons. The normalized spacial score (nSPS) is 11.4. The number of thiophene rings is 1. The lowest BCUT2D eigenvalue weighted by molar-refractivity contribution is 0.0997. The molecule has 0 aliphatic heterocycles. The lowest BCUT2D eigenvalue weighted by atomic mass is 10.0. The van der Waals surface area contributed by atoms with Crippen LogP contribution in [-0.2, 0) is 0 Å². The van der Waals surface area contributed by atoms with Crippen LogP contribution in [0, 0.1) is 0 Å². The Bertz CT molecular complexity index is 1190. The summed E-state index contributed by atoms with van der Waals surface area (Å²) in [5, 5.41) is 2.56. The molecular weight excluding hydrogens is 362 g/mol. The van der Waals surface area contributed by atoms with E-state index in [1.165, 1.54) is 21.5 Å². The molecule has 8 heteroatoms. The van der Waals surface area contributed by atoms with E-state index in [9.17, 15) is 9.59 Å². The highest BCUT2D eigenvalue weighted by atomic mass is 32.1. The van der Waals surface area contributed by atoms with Crippen LogP contribution >= 0.6 is 11.3 Å². The summed E-state index contributed by atoms with van der Waals surface area (Å²) in [5.41, 5.74) is 7.61. The number of primary amides is 1. The van der Waals surface area contributed by atoms with Gasteiger partial charge in [-0.2, -0.15) is 0 Å². The minimum atomic E-state index is -0.720. The van der Waals surface area contributed by atoms with Crippen molar-refractivity contribution < 1.29 is 4.79 Å². The van der Waals surface area contributed by atoms with Crippen LogP contribution < -0.4 is 11.4 Å². The maximum atomic E-state index is 12.5. The fraction of sp³-hybridized carbons (Fsp3) is 0.158. The standard InChI is InChI=1S/C19H17N5O2S/c1-10(2)11-5-7-12(8-6-11)17-21-14(16(20)25)15-18(23-17)24(19(26)22-15)13-4-3-9-27-13/h3-10H,1-2H3,(H2,20,25)(H,22,26). The summed E-state index contributed by atoms with van der Waals surface area (Å²) in [7, 11) is 0. The highest BCUT2D eigenvalue weighted by Crippen LogP contribution is 2.24. The molecule has 0 saturated heterocycles. The van der Waals surface area contributed by atoms with Gasteiger partial charge in [-0.1, -0.05) is 38.1 Å². The number of benzene rings is 1. The summed E-state index contributed by atoms with van der Waals surface area (Å²) < 4.78 is 1.43. The molecule has 27 heavy (non-hydrogen) atoms. The van der Waals surface area contributed by atoms with Crippen LogP contribution in [0.5, 0.6) is 0 Å². The van der Waals surface area contributed by atoms with Gasteiger partial charge in [-0.15, -0.1) is 11.3 Å². The molecule has 0 aliphatic carbocycles. The Morgan fingerprint density at radius 3 is 2.52 bits per heavy atom. The van der Waals surface area contributed by atoms with Crippen LogP contribution in [0.3, 0.4) is 0 Å². The molecule has 0 spiro atoms. The van der Waals surface area contributed by atoms with Gasteiger partial charge in [-0.25, -0.2) is 19.3 Å². The Labute approximate surface area is 158 Å². The first-order valence-corrected chi connectivity index (χ1v) is 9.30. The minimum Gasteiger partial charge on any atom is -0.364 e. The molecule has 0 radical (unpaired) electrons. The van der Waals surface area contributed by atoms with Crippen LogP contribution in [0.4, 0.5) is 0 Å². The second-order valence-electron chi connectivity index (χ2n) is 6.45. The largest absolute Gasteiger partial charge is 0.364 e. The van der Waals surface area contributed by atoms with Crippen molar-refractivity contribution in [3.63, 3.8) is 0 Å². The fourth-order valence-electron chi connectivity index (χ4n) is 2.91. The number of hydrogen-bond acceptors (Lipinski definition) is 5. The van der Waals surface area contributed by atoms with Crippen LogP contribution in [0.25, 0.3) is 27.6 Å². The number of carbonyl (C=O) groups excluding carboxylic acids is 1. The number of imidazole rings is 1. The number of nitrogens with zero attached hydrogens (tertiary/aromatic N) is 3. The maximum absolute atomic E-state index is 12.5. The zero-order valence-electron chi connectivity index (χ0n) is 14.8. The van der Waals surface area contributed by atoms with Crippen molar-refractivity contribution >= 4 is 28.4 Å². The Hall–Kier alpha value is -3.26. The fourth-order valence-corrected chi connectivity index (χ4v) is 3.64. The number of hydrogen-bond donors (Lipinski definition) is 2. The average molecular weight is 379 g/mol. The lowest BCUT2D eigenvalue weighted by Gasteiger charge is -2.08. The summed E-state index contributed by atoms with van der Waals surface area (Å²) in [6.07, 6.45) is 0. The van der Waals surface area contributed by atoms with Crippen molar-refractivity contribution in [3.8, 4) is 16.4 Å². The van der Waals surface area contributed by atoms with E-state index in [0.717, 1.165) is 5.56 Å². The van der Waals surface area contributed by atoms with Gasteiger partial charge in [0.05, 0.1) is 0 Å². The van der Waals surface area contributed by atoms with Gasteiger partial charge >= 0.3 is 5.69 Å². The molecular formula is C19H17N5O2S. The van der Waals surface area contributed by atoms with Crippen LogP contribution in [0.15, 0.2) is 46.6 Å². The SMILES string of the molecule is CC(C)c1ccc(-c2nc(C(N)=O)c3[nH]c(=O)n(-c4cccs4)c3n2)cc1. The summed E-state index contributed by atoms with van der Waals surface area (Å²) in [6, 6.07) is 11.5. The number of carbonyl (C=O) groups is 1. The Kier molecular flexibility index (Phi) is 4.12. The van der Waals surface area contributed by atoms with E-state index < -0.39 is 11.6 Å². The van der Waals surface area contributed by atoms with Crippen molar-refractivity contribution in [2.45, 2.75) is 19.8 Å². The molecule has 3 heterocycles. The van der Waals surface area contributed by atoms with Gasteiger partial charge in [0.2, 0.25) is 0 Å². The molecule has 0 fully saturated rings. The van der Waals surface area contributed by atoms with Crippen LogP contribution in [0.2, 0.25) is 0 Å². The zero-order valence-corrected chi connectivity index (χ0v) is 15.6. The lowest BCUT2D eigenvalue weighted by Crippen LogP contribution is -2.15. The van der Waals surface area contributed by atoms with Crippen molar-refractivity contribution in [3.05, 3.63) is 63.5 Å². The maximum Gasteiger partial charge on any atom is 0.333 e. The number of nitrogens with one attached hydrogen (secondary N) is 1. The first-order valence-electron chi connectivity index (χ1n) is 8.42. The van der Waals surface area contributed by atoms with E-state index in [2.05, 4.69) is 28.8 Å². The van der Waals surface area contributed by atoms with Crippen molar-refractivity contribution in [2.75, 3.05) is 0 Å². The Morgan fingerprint density at radius 1 is 1.19 bits per heavy atom. The topological polar surface area (TPSA) is 107 Å². The van der Waals surface area contributed by atoms with E-state index >= 15 is 0 Å². The number of aromatic nitrogens is 4. The quantitative estimate of drug-likeness (QED) is 0.568. The van der Waals surface area contributed by atoms with Gasteiger partial charge in [-0.3, -0.25) is 4.79 Å². The molecule has 0 saturated carbocycles. The molecule has 0 aliphatic rings. The van der Waals surface area contributed by atoms with Gasteiger partial charge in [-0.05, 0) is 29.0 Å². The van der Waals surface area contributed by atoms with Crippen molar-refractivity contribution in [2.24, 2.45) is 5.73 Å². The van der Waals surface area contributed by atoms with Gasteiger partial charge in [0.15, 0.2) is 17.2 Å². The second-order valence-corrected chi connectivity index (χ2v) is 7.38. The number of nitrogens with two attached hydrogens (primary N) is 1. The molecule has 4 aromatic rings. The summed E-state index contributed by atoms with van der Waals surface area (Å²) in [5.74, 6) is 0.0234. The molecule has 7 nitrogen and oxygen atoms in total. The van der Waals surface area contributed by atoms with E-state index in [-0.39, 0.29) is 11.2 Å². The first kappa shape index (κ1) is 17.2. The van der Waals surface area contributed by atoms with Gasteiger partial charge in [0.1, 0.15) is 10.5 Å². The Morgan fingerprint density at radius 2 is 1.93 bits per heavy atom. The van der Waals surface area contributed by atoms with Crippen molar-refractivity contribution in [1.29, 1.82) is 0 Å². The van der Waals surface area contributed by atoms with Crippen molar-refractivity contribution in [1.82, 2.24) is 19.5 Å². The molecule has 4 rings (SSSR count). The molecule has 1 aromatic carbocycles. The van der Waals surface area contributed by atoms with Gasteiger partial charge in [0, 0.05) is 5.56 Å². The number of fused-ring (bicyclic) bond motifs is 1. The van der Waals surface area contributed by atoms with E-state index in [4.69, 9.17) is 5.73 Å². The average Bonchev–Trinajstić information content (AvgIpc) is 3.27. The van der Waals surface area contributed by atoms with E-state index in [1.54, 1.807) is 0 Å². The minimum absolute atomic E-state index is 0.00431. The third kappa shape index (κ3) is 2.93. The molecule has 0 atom stereocenters. The third-order valence-corrected chi connectivity index (χ3v) is 5.19. The highest BCUT2D eigenvalue weighted by molar-refractivity contribution is 7.12. The van der Waals surface area contributed by atoms with Crippen LogP contribution in [0.1, 0.15) is 35.8 Å². The van der Waals surface area contributed by atoms with E-state index in [0.29, 0.717) is 22.4 Å². The monoisotopic (exact) mass is 379 g/mol. The Balaban J connectivity index is 1.98. The molecule has 0 bridgehead atoms. The van der Waals surface area contributed by atoms with Crippen LogP contribution in [-0.4, -0.2) is 25.4 Å². The molecule has 0 unspecified atom stereocenters. The number of rotatable bonds is 4. The second kappa shape index (κ2) is 6.48. The predicted octanol–water partition coefficient (Wildman–Crippen LogP) is 3.06. The zero-order chi connectivity index (χ0) is 19.1. The van der Waals surface area contributed by atoms with E-state index in [1.807, 2.05) is 41.8 Å². The molecule has 3 aromatic heterocycles. The highest BCUT2D eigenvalue weighted by Gasteiger charge is 2.20.